The Balaban J connectivity index is 2.08. The van der Waals surface area contributed by atoms with Gasteiger partial charge in [0.15, 0.2) is 6.10 Å². The standard InChI is InChI=1S/C19H19ClO6/c1-4-23-17-14(18(21)24-5-2)16(26-19(17)22)12-9-25-13-7-6-10(3)8-11(13)15(12)20/h6-8,16H,4-5,9H2,1-3H3. The van der Waals surface area contributed by atoms with Crippen LogP contribution in [0.15, 0.2) is 35.1 Å². The molecule has 0 amide bonds. The summed E-state index contributed by atoms with van der Waals surface area (Å²) in [6.07, 6.45) is -0.996. The molecule has 1 atom stereocenters. The molecule has 7 heteroatoms. The van der Waals surface area contributed by atoms with E-state index in [4.69, 9.17) is 30.5 Å². The minimum Gasteiger partial charge on any atom is -0.488 e. The van der Waals surface area contributed by atoms with Crippen LogP contribution in [0.1, 0.15) is 25.0 Å². The van der Waals surface area contributed by atoms with Crippen molar-refractivity contribution in [2.24, 2.45) is 0 Å². The molecule has 6 nitrogen and oxygen atoms in total. The third-order valence-corrected chi connectivity index (χ3v) is 4.50. The lowest BCUT2D eigenvalue weighted by atomic mass is 9.97. The van der Waals surface area contributed by atoms with Crippen molar-refractivity contribution >= 4 is 28.6 Å². The smallest absolute Gasteiger partial charge is 0.375 e. The van der Waals surface area contributed by atoms with E-state index in [-0.39, 0.29) is 31.2 Å². The number of benzene rings is 1. The van der Waals surface area contributed by atoms with E-state index in [9.17, 15) is 9.59 Å². The molecule has 3 rings (SSSR count). The summed E-state index contributed by atoms with van der Waals surface area (Å²) in [7, 11) is 0. The molecule has 0 saturated heterocycles. The molecule has 2 heterocycles. The fourth-order valence-electron chi connectivity index (χ4n) is 2.91. The zero-order valence-electron chi connectivity index (χ0n) is 14.8. The number of carbonyl (C=O) groups excluding carboxylic acids is 2. The molecular formula is C19H19ClO6. The van der Waals surface area contributed by atoms with Crippen molar-refractivity contribution in [1.29, 1.82) is 0 Å². The van der Waals surface area contributed by atoms with Crippen LogP contribution in [0.4, 0.5) is 0 Å². The first-order chi connectivity index (χ1) is 12.5. The van der Waals surface area contributed by atoms with Gasteiger partial charge in [-0.05, 0) is 32.9 Å². The number of rotatable bonds is 5. The van der Waals surface area contributed by atoms with Crippen molar-refractivity contribution < 1.29 is 28.5 Å². The van der Waals surface area contributed by atoms with Gasteiger partial charge in [0, 0.05) is 11.1 Å². The maximum atomic E-state index is 12.4. The maximum Gasteiger partial charge on any atom is 0.375 e. The van der Waals surface area contributed by atoms with E-state index in [1.54, 1.807) is 13.8 Å². The molecule has 138 valence electrons. The largest absolute Gasteiger partial charge is 0.488 e. The van der Waals surface area contributed by atoms with Crippen LogP contribution in [0.5, 0.6) is 5.75 Å². The topological polar surface area (TPSA) is 71.1 Å². The van der Waals surface area contributed by atoms with Gasteiger partial charge in [0.2, 0.25) is 5.76 Å². The summed E-state index contributed by atoms with van der Waals surface area (Å²) in [5.74, 6) is -0.881. The highest BCUT2D eigenvalue weighted by atomic mass is 35.5. The van der Waals surface area contributed by atoms with Crippen molar-refractivity contribution in [1.82, 2.24) is 0 Å². The third-order valence-electron chi connectivity index (χ3n) is 4.05. The first-order valence-electron chi connectivity index (χ1n) is 8.35. The summed E-state index contributed by atoms with van der Waals surface area (Å²) in [5.41, 5.74) is 2.20. The highest BCUT2D eigenvalue weighted by Gasteiger charge is 2.44. The number of cyclic esters (lactones) is 1. The van der Waals surface area contributed by atoms with E-state index in [0.717, 1.165) is 5.56 Å². The zero-order chi connectivity index (χ0) is 18.8. The minimum absolute atomic E-state index is 0.0200. The predicted molar refractivity (Wildman–Crippen MR) is 94.6 cm³/mol. The van der Waals surface area contributed by atoms with Gasteiger partial charge in [-0.15, -0.1) is 0 Å². The number of esters is 2. The summed E-state index contributed by atoms with van der Waals surface area (Å²) in [5, 5.41) is 0.396. The Kier molecular flexibility index (Phi) is 5.23. The summed E-state index contributed by atoms with van der Waals surface area (Å²) in [6, 6.07) is 5.63. The molecule has 0 N–H and O–H groups in total. The van der Waals surface area contributed by atoms with Crippen LogP contribution in [-0.2, 0) is 23.8 Å². The second-order valence-corrected chi connectivity index (χ2v) is 6.19. The van der Waals surface area contributed by atoms with E-state index in [2.05, 4.69) is 0 Å². The highest BCUT2D eigenvalue weighted by molar-refractivity contribution is 6.50. The van der Waals surface area contributed by atoms with Crippen LogP contribution in [0, 0.1) is 6.92 Å². The molecule has 0 bridgehead atoms. The van der Waals surface area contributed by atoms with E-state index < -0.39 is 18.0 Å². The van der Waals surface area contributed by atoms with Gasteiger partial charge in [0.05, 0.1) is 18.2 Å². The normalized spacial score (nSPS) is 19.1. The number of halogens is 1. The summed E-state index contributed by atoms with van der Waals surface area (Å²) in [4.78, 5) is 24.7. The molecule has 1 aromatic rings. The monoisotopic (exact) mass is 378 g/mol. The number of hydrogen-bond acceptors (Lipinski definition) is 6. The third kappa shape index (κ3) is 3.17. The minimum atomic E-state index is -0.996. The van der Waals surface area contributed by atoms with Crippen LogP contribution in [0.2, 0.25) is 0 Å². The van der Waals surface area contributed by atoms with Gasteiger partial charge < -0.3 is 18.9 Å². The molecule has 2 aliphatic heterocycles. The molecule has 1 aromatic carbocycles. The first-order valence-corrected chi connectivity index (χ1v) is 8.73. The van der Waals surface area contributed by atoms with Gasteiger partial charge in [-0.2, -0.15) is 0 Å². The lowest BCUT2D eigenvalue weighted by Gasteiger charge is -2.25. The van der Waals surface area contributed by atoms with Gasteiger partial charge in [0.25, 0.3) is 0 Å². The maximum absolute atomic E-state index is 12.4. The molecule has 2 aliphatic rings. The zero-order valence-corrected chi connectivity index (χ0v) is 15.5. The van der Waals surface area contributed by atoms with Crippen molar-refractivity contribution in [2.75, 3.05) is 19.8 Å². The number of fused-ring (bicyclic) bond motifs is 1. The average molecular weight is 379 g/mol. The van der Waals surface area contributed by atoms with Gasteiger partial charge in [-0.3, -0.25) is 0 Å². The van der Waals surface area contributed by atoms with E-state index >= 15 is 0 Å². The SMILES string of the molecule is CCOC(=O)C1=C(OCC)C(=O)OC1C1=C(Cl)c2cc(C)ccc2OC1. The Bertz CT molecular complexity index is 823. The van der Waals surface area contributed by atoms with E-state index in [0.29, 0.717) is 21.9 Å². The lowest BCUT2D eigenvalue weighted by Crippen LogP contribution is -2.27. The van der Waals surface area contributed by atoms with Crippen molar-refractivity contribution in [2.45, 2.75) is 26.9 Å². The van der Waals surface area contributed by atoms with Crippen molar-refractivity contribution in [3.05, 3.63) is 46.2 Å². The number of hydrogen-bond donors (Lipinski definition) is 0. The fourth-order valence-corrected chi connectivity index (χ4v) is 3.21. The van der Waals surface area contributed by atoms with Crippen LogP contribution >= 0.6 is 11.6 Å². The number of ether oxygens (including phenoxy) is 4. The number of carbonyl (C=O) groups is 2. The Hall–Kier alpha value is -2.47. The molecule has 0 radical (unpaired) electrons. The van der Waals surface area contributed by atoms with Crippen LogP contribution < -0.4 is 4.74 Å². The van der Waals surface area contributed by atoms with Crippen molar-refractivity contribution in [3.8, 4) is 5.75 Å². The Morgan fingerprint density at radius 2 is 2.08 bits per heavy atom. The number of aryl methyl sites for hydroxylation is 1. The summed E-state index contributed by atoms with van der Waals surface area (Å²) >= 11 is 6.58. The Morgan fingerprint density at radius 1 is 1.31 bits per heavy atom. The van der Waals surface area contributed by atoms with Crippen molar-refractivity contribution in [3.63, 3.8) is 0 Å². The molecule has 26 heavy (non-hydrogen) atoms. The molecule has 0 aromatic heterocycles. The van der Waals surface area contributed by atoms with E-state index in [1.165, 1.54) is 0 Å². The van der Waals surface area contributed by atoms with Gasteiger partial charge in [0.1, 0.15) is 17.9 Å². The molecule has 0 fully saturated rings. The van der Waals surface area contributed by atoms with Gasteiger partial charge in [-0.1, -0.05) is 23.2 Å². The van der Waals surface area contributed by atoms with Crippen LogP contribution in [0.3, 0.4) is 0 Å². The Morgan fingerprint density at radius 3 is 2.77 bits per heavy atom. The molecule has 1 unspecified atom stereocenters. The molecule has 0 spiro atoms. The first kappa shape index (κ1) is 18.3. The van der Waals surface area contributed by atoms with Crippen LogP contribution in [-0.4, -0.2) is 37.9 Å². The Labute approximate surface area is 156 Å². The lowest BCUT2D eigenvalue weighted by molar-refractivity contribution is -0.142. The summed E-state index contributed by atoms with van der Waals surface area (Å²) in [6.45, 7) is 5.80. The summed E-state index contributed by atoms with van der Waals surface area (Å²) < 4.78 is 21.6. The van der Waals surface area contributed by atoms with E-state index in [1.807, 2.05) is 25.1 Å². The second kappa shape index (κ2) is 7.41. The quantitative estimate of drug-likeness (QED) is 0.733. The molecular weight excluding hydrogens is 360 g/mol. The van der Waals surface area contributed by atoms with Gasteiger partial charge >= 0.3 is 11.9 Å². The molecule has 0 saturated carbocycles. The fraction of sp³-hybridized carbons (Fsp3) is 0.368. The van der Waals surface area contributed by atoms with Crippen LogP contribution in [0.25, 0.3) is 5.03 Å². The predicted octanol–water partition coefficient (Wildman–Crippen LogP) is 3.12. The second-order valence-electron chi connectivity index (χ2n) is 5.81. The average Bonchev–Trinajstić information content (AvgIpc) is 2.93. The molecule has 0 aliphatic carbocycles. The van der Waals surface area contributed by atoms with Gasteiger partial charge in [-0.25, -0.2) is 9.59 Å². The highest BCUT2D eigenvalue weighted by Crippen LogP contribution is 2.41.